The van der Waals surface area contributed by atoms with Gasteiger partial charge in [0.15, 0.2) is 0 Å². The van der Waals surface area contributed by atoms with Crippen LogP contribution in [0.5, 0.6) is 0 Å². The number of nitrogens with zero attached hydrogens (tertiary/aromatic N) is 1. The predicted octanol–water partition coefficient (Wildman–Crippen LogP) is 2.48. The van der Waals surface area contributed by atoms with Gasteiger partial charge in [-0.15, -0.1) is 0 Å². The highest BCUT2D eigenvalue weighted by molar-refractivity contribution is 7.84. The first-order valence-electron chi connectivity index (χ1n) is 5.53. The maximum Gasteiger partial charge on any atom is 0.269 e. The van der Waals surface area contributed by atoms with Crippen LogP contribution in [0.1, 0.15) is 5.56 Å². The molecule has 0 aromatic heterocycles. The molecule has 0 aliphatic carbocycles. The van der Waals surface area contributed by atoms with Crippen LogP contribution < -0.4 is 5.73 Å². The van der Waals surface area contributed by atoms with E-state index in [0.29, 0.717) is 16.3 Å². The van der Waals surface area contributed by atoms with Gasteiger partial charge in [0.1, 0.15) is 0 Å². The molecule has 0 heterocycles. The van der Waals surface area contributed by atoms with Gasteiger partial charge in [0, 0.05) is 22.7 Å². The molecule has 98 valence electrons. The monoisotopic (exact) mass is 276 g/mol. The Kier molecular flexibility index (Phi) is 3.91. The number of hydrogen-bond donors (Lipinski definition) is 1. The van der Waals surface area contributed by atoms with Crippen LogP contribution in [-0.4, -0.2) is 9.13 Å². The van der Waals surface area contributed by atoms with E-state index < -0.39 is 15.7 Å². The number of nitro groups is 1. The minimum atomic E-state index is -1.23. The SMILES string of the molecule is Nc1ccc(CS(=O)c2ccc([N+](=O)[O-])cc2)cc1. The Morgan fingerprint density at radius 2 is 1.63 bits per heavy atom. The number of nitrogens with two attached hydrogens (primary N) is 1. The Morgan fingerprint density at radius 3 is 2.16 bits per heavy atom. The number of nitro benzene ring substituents is 1. The van der Waals surface area contributed by atoms with Gasteiger partial charge in [0.25, 0.3) is 5.69 Å². The Labute approximate surface area is 112 Å². The lowest BCUT2D eigenvalue weighted by Gasteiger charge is -2.03. The van der Waals surface area contributed by atoms with Crippen molar-refractivity contribution in [1.82, 2.24) is 0 Å². The summed E-state index contributed by atoms with van der Waals surface area (Å²) in [5.41, 5.74) is 7.13. The fourth-order valence-electron chi connectivity index (χ4n) is 1.57. The fraction of sp³-hybridized carbons (Fsp3) is 0.0769. The lowest BCUT2D eigenvalue weighted by molar-refractivity contribution is -0.384. The number of nitrogen functional groups attached to an aromatic ring is 1. The third-order valence-electron chi connectivity index (χ3n) is 2.59. The van der Waals surface area contributed by atoms with Gasteiger partial charge in [0.05, 0.1) is 21.5 Å². The highest BCUT2D eigenvalue weighted by atomic mass is 32.2. The van der Waals surface area contributed by atoms with Crippen molar-refractivity contribution in [1.29, 1.82) is 0 Å². The molecule has 0 fully saturated rings. The van der Waals surface area contributed by atoms with Crippen LogP contribution in [0.2, 0.25) is 0 Å². The third kappa shape index (κ3) is 3.38. The first-order valence-corrected chi connectivity index (χ1v) is 6.85. The number of benzene rings is 2. The minimum absolute atomic E-state index is 0.00626. The Hall–Kier alpha value is -2.21. The van der Waals surface area contributed by atoms with Crippen LogP contribution in [0.3, 0.4) is 0 Å². The van der Waals surface area contributed by atoms with Gasteiger partial charge in [-0.2, -0.15) is 0 Å². The van der Waals surface area contributed by atoms with Crippen molar-refractivity contribution in [2.24, 2.45) is 0 Å². The van der Waals surface area contributed by atoms with Crippen LogP contribution >= 0.6 is 0 Å². The van der Waals surface area contributed by atoms with Gasteiger partial charge in [0.2, 0.25) is 0 Å². The smallest absolute Gasteiger partial charge is 0.269 e. The standard InChI is InChI=1S/C13H12N2O3S/c14-11-3-1-10(2-4-11)9-19(18)13-7-5-12(6-8-13)15(16)17/h1-8H,9,14H2. The summed E-state index contributed by atoms with van der Waals surface area (Å²) < 4.78 is 12.1. The Balaban J connectivity index is 2.11. The van der Waals surface area contributed by atoms with Crippen molar-refractivity contribution in [3.8, 4) is 0 Å². The van der Waals surface area contributed by atoms with Gasteiger partial charge in [-0.3, -0.25) is 14.3 Å². The maximum atomic E-state index is 12.1. The van der Waals surface area contributed by atoms with E-state index >= 15 is 0 Å². The van der Waals surface area contributed by atoms with E-state index in [1.807, 2.05) is 12.1 Å². The van der Waals surface area contributed by atoms with Crippen molar-refractivity contribution < 1.29 is 9.13 Å². The summed E-state index contributed by atoms with van der Waals surface area (Å²) in [4.78, 5) is 10.6. The summed E-state index contributed by atoms with van der Waals surface area (Å²) in [6.45, 7) is 0. The van der Waals surface area contributed by atoms with Gasteiger partial charge in [-0.05, 0) is 29.8 Å². The molecular formula is C13H12N2O3S. The predicted molar refractivity (Wildman–Crippen MR) is 74.1 cm³/mol. The van der Waals surface area contributed by atoms with E-state index in [0.717, 1.165) is 5.56 Å². The second-order valence-corrected chi connectivity index (χ2v) is 5.43. The number of hydrogen-bond acceptors (Lipinski definition) is 4. The van der Waals surface area contributed by atoms with Crippen molar-refractivity contribution in [2.45, 2.75) is 10.6 Å². The molecule has 2 aromatic rings. The number of rotatable bonds is 4. The summed E-state index contributed by atoms with van der Waals surface area (Å²) in [6, 6.07) is 12.9. The second kappa shape index (κ2) is 5.62. The van der Waals surface area contributed by atoms with Crippen LogP contribution in [0, 0.1) is 10.1 Å². The summed E-state index contributed by atoms with van der Waals surface area (Å²) in [7, 11) is -1.23. The van der Waals surface area contributed by atoms with Gasteiger partial charge < -0.3 is 5.73 Å². The molecular weight excluding hydrogens is 264 g/mol. The topological polar surface area (TPSA) is 86.2 Å². The van der Waals surface area contributed by atoms with Crippen molar-refractivity contribution in [3.05, 3.63) is 64.2 Å². The third-order valence-corrected chi connectivity index (χ3v) is 3.98. The van der Waals surface area contributed by atoms with E-state index in [-0.39, 0.29) is 5.69 Å². The minimum Gasteiger partial charge on any atom is -0.399 e. The van der Waals surface area contributed by atoms with Gasteiger partial charge in [-0.25, -0.2) is 0 Å². The largest absolute Gasteiger partial charge is 0.399 e. The molecule has 5 nitrogen and oxygen atoms in total. The molecule has 2 aromatic carbocycles. The van der Waals surface area contributed by atoms with E-state index in [4.69, 9.17) is 5.73 Å². The number of non-ortho nitro benzene ring substituents is 1. The lowest BCUT2D eigenvalue weighted by atomic mass is 10.2. The van der Waals surface area contributed by atoms with E-state index in [9.17, 15) is 14.3 Å². The van der Waals surface area contributed by atoms with E-state index in [1.54, 1.807) is 12.1 Å². The summed E-state index contributed by atoms with van der Waals surface area (Å²) in [5, 5.41) is 10.5. The van der Waals surface area contributed by atoms with Crippen LogP contribution in [0.4, 0.5) is 11.4 Å². The average molecular weight is 276 g/mol. The molecule has 6 heteroatoms. The zero-order valence-corrected chi connectivity index (χ0v) is 10.8. The molecule has 0 spiro atoms. The van der Waals surface area contributed by atoms with Gasteiger partial charge in [-0.1, -0.05) is 12.1 Å². The van der Waals surface area contributed by atoms with Crippen LogP contribution in [-0.2, 0) is 16.6 Å². The molecule has 1 unspecified atom stereocenters. The molecule has 1 atom stereocenters. The lowest BCUT2D eigenvalue weighted by Crippen LogP contribution is -1.97. The van der Waals surface area contributed by atoms with Crippen molar-refractivity contribution in [2.75, 3.05) is 5.73 Å². The molecule has 0 aliphatic heterocycles. The van der Waals surface area contributed by atoms with Crippen molar-refractivity contribution >= 4 is 22.2 Å². The molecule has 0 radical (unpaired) electrons. The Morgan fingerprint density at radius 1 is 1.05 bits per heavy atom. The number of anilines is 1. The molecule has 0 saturated carbocycles. The van der Waals surface area contributed by atoms with Crippen LogP contribution in [0.25, 0.3) is 0 Å². The molecule has 2 rings (SSSR count). The van der Waals surface area contributed by atoms with E-state index in [1.165, 1.54) is 24.3 Å². The molecule has 0 saturated heterocycles. The average Bonchev–Trinajstić information content (AvgIpc) is 2.41. The quantitative estimate of drug-likeness (QED) is 0.528. The highest BCUT2D eigenvalue weighted by Crippen LogP contribution is 2.17. The van der Waals surface area contributed by atoms with E-state index in [2.05, 4.69) is 0 Å². The zero-order chi connectivity index (χ0) is 13.8. The normalized spacial score (nSPS) is 12.0. The molecule has 19 heavy (non-hydrogen) atoms. The maximum absolute atomic E-state index is 12.1. The molecule has 0 aliphatic rings. The zero-order valence-electron chi connectivity index (χ0n) is 9.98. The highest BCUT2D eigenvalue weighted by Gasteiger charge is 2.08. The first-order chi connectivity index (χ1) is 9.06. The molecule has 0 bridgehead atoms. The molecule has 0 amide bonds. The second-order valence-electron chi connectivity index (χ2n) is 3.98. The van der Waals surface area contributed by atoms with Gasteiger partial charge >= 0.3 is 0 Å². The fourth-order valence-corrected chi connectivity index (χ4v) is 2.67. The summed E-state index contributed by atoms with van der Waals surface area (Å²) >= 11 is 0. The summed E-state index contributed by atoms with van der Waals surface area (Å²) in [6.07, 6.45) is 0. The molecule has 2 N–H and O–H groups in total. The Bertz CT molecular complexity index is 609. The first kappa shape index (κ1) is 13.2. The van der Waals surface area contributed by atoms with Crippen LogP contribution in [0.15, 0.2) is 53.4 Å². The van der Waals surface area contributed by atoms with Crippen molar-refractivity contribution in [3.63, 3.8) is 0 Å². The summed E-state index contributed by atoms with van der Waals surface area (Å²) in [5.74, 6) is 0.359.